The molecule has 96 valence electrons. The zero-order valence-electron chi connectivity index (χ0n) is 10.6. The fraction of sp³-hybridized carbons (Fsp3) is 0.833. The average Bonchev–Trinajstić information content (AvgIpc) is 2.56. The summed E-state index contributed by atoms with van der Waals surface area (Å²) >= 11 is 0. The minimum Gasteiger partial charge on any atom is -0.444 e. The second-order valence-electron chi connectivity index (χ2n) is 5.85. The SMILES string of the molecule is CC(C)(C)OC(=O)N1CC2(CCC(C=O)O2)C1. The van der Waals surface area contributed by atoms with E-state index in [9.17, 15) is 9.59 Å². The molecule has 0 saturated carbocycles. The molecule has 0 aliphatic carbocycles. The van der Waals surface area contributed by atoms with Gasteiger partial charge in [0.05, 0.1) is 13.1 Å². The van der Waals surface area contributed by atoms with E-state index in [-0.39, 0.29) is 17.8 Å². The fourth-order valence-electron chi connectivity index (χ4n) is 2.28. The van der Waals surface area contributed by atoms with Crippen molar-refractivity contribution in [2.24, 2.45) is 0 Å². The van der Waals surface area contributed by atoms with Gasteiger partial charge in [-0.3, -0.25) is 0 Å². The predicted octanol–water partition coefficient (Wildman–Crippen LogP) is 1.35. The quantitative estimate of drug-likeness (QED) is 0.650. The molecule has 2 aliphatic rings. The van der Waals surface area contributed by atoms with Crippen molar-refractivity contribution in [1.82, 2.24) is 4.90 Å². The number of aldehydes is 1. The van der Waals surface area contributed by atoms with Gasteiger partial charge in [0.15, 0.2) is 0 Å². The third-order valence-electron chi connectivity index (χ3n) is 3.05. The van der Waals surface area contributed by atoms with E-state index < -0.39 is 5.60 Å². The number of amides is 1. The predicted molar refractivity (Wildman–Crippen MR) is 60.7 cm³/mol. The summed E-state index contributed by atoms with van der Waals surface area (Å²) in [5.41, 5.74) is -0.760. The summed E-state index contributed by atoms with van der Waals surface area (Å²) in [5, 5.41) is 0. The maximum atomic E-state index is 11.7. The van der Waals surface area contributed by atoms with Gasteiger partial charge in [0.1, 0.15) is 23.6 Å². The van der Waals surface area contributed by atoms with Crippen molar-refractivity contribution in [3.8, 4) is 0 Å². The highest BCUT2D eigenvalue weighted by molar-refractivity contribution is 5.70. The molecule has 2 rings (SSSR count). The number of hydrogen-bond donors (Lipinski definition) is 0. The van der Waals surface area contributed by atoms with E-state index in [0.717, 1.165) is 19.1 Å². The number of nitrogens with zero attached hydrogens (tertiary/aromatic N) is 1. The van der Waals surface area contributed by atoms with E-state index in [1.807, 2.05) is 20.8 Å². The van der Waals surface area contributed by atoms with Gasteiger partial charge in [-0.25, -0.2) is 4.79 Å². The first kappa shape index (κ1) is 12.4. The van der Waals surface area contributed by atoms with Crippen molar-refractivity contribution in [2.45, 2.75) is 50.9 Å². The Balaban J connectivity index is 1.83. The lowest BCUT2D eigenvalue weighted by Crippen LogP contribution is -2.64. The molecular formula is C12H19NO4. The van der Waals surface area contributed by atoms with Crippen molar-refractivity contribution < 1.29 is 19.1 Å². The van der Waals surface area contributed by atoms with Crippen LogP contribution in [0.25, 0.3) is 0 Å². The van der Waals surface area contributed by atoms with Crippen molar-refractivity contribution >= 4 is 12.4 Å². The van der Waals surface area contributed by atoms with Crippen LogP contribution in [-0.2, 0) is 14.3 Å². The van der Waals surface area contributed by atoms with Crippen LogP contribution in [0.2, 0.25) is 0 Å². The Morgan fingerprint density at radius 3 is 2.59 bits per heavy atom. The maximum absolute atomic E-state index is 11.7. The molecule has 5 nitrogen and oxygen atoms in total. The Kier molecular flexibility index (Phi) is 2.89. The van der Waals surface area contributed by atoms with Crippen LogP contribution in [0.1, 0.15) is 33.6 Å². The second kappa shape index (κ2) is 3.98. The van der Waals surface area contributed by atoms with E-state index in [1.165, 1.54) is 0 Å². The van der Waals surface area contributed by atoms with Gasteiger partial charge in [0.25, 0.3) is 0 Å². The van der Waals surface area contributed by atoms with Gasteiger partial charge in [-0.2, -0.15) is 0 Å². The van der Waals surface area contributed by atoms with Gasteiger partial charge in [-0.05, 0) is 33.6 Å². The normalized spacial score (nSPS) is 26.8. The van der Waals surface area contributed by atoms with Crippen LogP contribution < -0.4 is 0 Å². The first-order chi connectivity index (χ1) is 7.84. The lowest BCUT2D eigenvalue weighted by Gasteiger charge is -2.47. The van der Waals surface area contributed by atoms with Gasteiger partial charge < -0.3 is 19.2 Å². The third kappa shape index (κ3) is 2.60. The number of hydrogen-bond acceptors (Lipinski definition) is 4. The molecule has 17 heavy (non-hydrogen) atoms. The molecular weight excluding hydrogens is 222 g/mol. The van der Waals surface area contributed by atoms with Crippen LogP contribution >= 0.6 is 0 Å². The van der Waals surface area contributed by atoms with Crippen LogP contribution in [-0.4, -0.2) is 47.7 Å². The van der Waals surface area contributed by atoms with Gasteiger partial charge in [-0.15, -0.1) is 0 Å². The first-order valence-electron chi connectivity index (χ1n) is 5.95. The molecule has 2 heterocycles. The summed E-state index contributed by atoms with van der Waals surface area (Å²) < 4.78 is 10.9. The zero-order valence-corrected chi connectivity index (χ0v) is 10.6. The van der Waals surface area contributed by atoms with Crippen molar-refractivity contribution in [3.63, 3.8) is 0 Å². The second-order valence-corrected chi connectivity index (χ2v) is 5.85. The Labute approximate surface area is 101 Å². The minimum atomic E-state index is -0.471. The number of carbonyl (C=O) groups is 2. The molecule has 1 unspecified atom stereocenters. The molecule has 1 spiro atoms. The Bertz CT molecular complexity index is 328. The molecule has 0 radical (unpaired) electrons. The molecule has 5 heteroatoms. The van der Waals surface area contributed by atoms with Crippen LogP contribution in [0, 0.1) is 0 Å². The van der Waals surface area contributed by atoms with Crippen LogP contribution in [0.3, 0.4) is 0 Å². The molecule has 0 bridgehead atoms. The summed E-state index contributed by atoms with van der Waals surface area (Å²) in [5.74, 6) is 0. The zero-order chi connectivity index (χ0) is 12.7. The monoisotopic (exact) mass is 241 g/mol. The highest BCUT2D eigenvalue weighted by Gasteiger charge is 2.51. The topological polar surface area (TPSA) is 55.8 Å². The summed E-state index contributed by atoms with van der Waals surface area (Å²) in [4.78, 5) is 23.9. The number of carbonyl (C=O) groups excluding carboxylic acids is 2. The van der Waals surface area contributed by atoms with Crippen LogP contribution in [0.15, 0.2) is 0 Å². The highest BCUT2D eigenvalue weighted by atomic mass is 16.6. The van der Waals surface area contributed by atoms with Crippen molar-refractivity contribution in [3.05, 3.63) is 0 Å². The summed E-state index contributed by atoms with van der Waals surface area (Å²) in [6, 6.07) is 0. The molecule has 0 aromatic carbocycles. The smallest absolute Gasteiger partial charge is 0.410 e. The van der Waals surface area contributed by atoms with Crippen molar-refractivity contribution in [1.29, 1.82) is 0 Å². The maximum Gasteiger partial charge on any atom is 0.410 e. The van der Waals surface area contributed by atoms with Gasteiger partial charge >= 0.3 is 6.09 Å². The molecule has 0 aromatic rings. The fourth-order valence-corrected chi connectivity index (χ4v) is 2.28. The molecule has 2 aliphatic heterocycles. The lowest BCUT2D eigenvalue weighted by atomic mass is 9.91. The minimum absolute atomic E-state index is 0.289. The number of ether oxygens (including phenoxy) is 2. The summed E-state index contributed by atoms with van der Waals surface area (Å²) in [7, 11) is 0. The molecule has 1 amide bonds. The van der Waals surface area contributed by atoms with E-state index in [2.05, 4.69) is 0 Å². The Morgan fingerprint density at radius 2 is 2.12 bits per heavy atom. The number of likely N-dealkylation sites (tertiary alicyclic amines) is 1. The molecule has 2 fully saturated rings. The largest absolute Gasteiger partial charge is 0.444 e. The Morgan fingerprint density at radius 1 is 1.47 bits per heavy atom. The Hall–Kier alpha value is -1.10. The third-order valence-corrected chi connectivity index (χ3v) is 3.05. The van der Waals surface area contributed by atoms with Gasteiger partial charge in [0.2, 0.25) is 0 Å². The highest BCUT2D eigenvalue weighted by Crippen LogP contribution is 2.38. The van der Waals surface area contributed by atoms with Gasteiger partial charge in [0, 0.05) is 0 Å². The first-order valence-corrected chi connectivity index (χ1v) is 5.95. The lowest BCUT2D eigenvalue weighted by molar-refractivity contribution is -0.143. The average molecular weight is 241 g/mol. The summed E-state index contributed by atoms with van der Waals surface area (Å²) in [6.45, 7) is 6.59. The van der Waals surface area contributed by atoms with E-state index in [4.69, 9.17) is 9.47 Å². The van der Waals surface area contributed by atoms with Gasteiger partial charge in [-0.1, -0.05) is 0 Å². The van der Waals surface area contributed by atoms with E-state index >= 15 is 0 Å². The molecule has 1 atom stereocenters. The molecule has 0 N–H and O–H groups in total. The van der Waals surface area contributed by atoms with Crippen LogP contribution in [0.4, 0.5) is 4.79 Å². The van der Waals surface area contributed by atoms with E-state index in [1.54, 1.807) is 4.90 Å². The summed E-state index contributed by atoms with van der Waals surface area (Å²) in [6.07, 6.45) is 1.84. The standard InChI is InChI=1S/C12H19NO4/c1-11(2,3)17-10(15)13-7-12(8-13)5-4-9(6-14)16-12/h6,9H,4-5,7-8H2,1-3H3. The molecule has 0 aromatic heterocycles. The number of rotatable bonds is 1. The van der Waals surface area contributed by atoms with Crippen molar-refractivity contribution in [2.75, 3.05) is 13.1 Å². The van der Waals surface area contributed by atoms with E-state index in [0.29, 0.717) is 13.1 Å². The molecule has 2 saturated heterocycles. The van der Waals surface area contributed by atoms with Crippen LogP contribution in [0.5, 0.6) is 0 Å².